The van der Waals surface area contributed by atoms with E-state index >= 15 is 0 Å². The van der Waals surface area contributed by atoms with Crippen molar-refractivity contribution in [2.24, 2.45) is 16.7 Å². The Morgan fingerprint density at radius 3 is 2.38 bits per heavy atom. The van der Waals surface area contributed by atoms with Gasteiger partial charge in [-0.05, 0) is 79.9 Å². The molecule has 1 saturated heterocycles. The first-order valence-electron chi connectivity index (χ1n) is 15.5. The van der Waals surface area contributed by atoms with Crippen molar-refractivity contribution < 1.29 is 22.8 Å². The molecule has 0 radical (unpaired) electrons. The Morgan fingerprint density at radius 2 is 1.74 bits per heavy atom. The molecule has 2 saturated carbocycles. The second-order valence-electron chi connectivity index (χ2n) is 13.4. The summed E-state index contributed by atoms with van der Waals surface area (Å²) in [5, 5.41) is 6.01. The van der Waals surface area contributed by atoms with E-state index in [1.165, 1.54) is 25.3 Å². The lowest BCUT2D eigenvalue weighted by molar-refractivity contribution is -0.150. The Morgan fingerprint density at radius 1 is 1.02 bits per heavy atom. The molecule has 2 aliphatic carbocycles. The minimum absolute atomic E-state index is 0.0337. The first kappa shape index (κ1) is 30.7. The molecule has 1 aromatic carbocycles. The predicted molar refractivity (Wildman–Crippen MR) is 155 cm³/mol. The summed E-state index contributed by atoms with van der Waals surface area (Å²) >= 11 is 0. The number of aromatic nitrogens is 2. The third kappa shape index (κ3) is 5.63. The summed E-state index contributed by atoms with van der Waals surface area (Å²) in [6.45, 7) is 8.39. The molecule has 1 aliphatic heterocycles. The highest BCUT2D eigenvalue weighted by Gasteiger charge is 2.60. The van der Waals surface area contributed by atoms with Crippen LogP contribution in [-0.4, -0.2) is 34.0 Å². The van der Waals surface area contributed by atoms with Crippen LogP contribution in [0, 0.1) is 16.7 Å². The van der Waals surface area contributed by atoms with Crippen molar-refractivity contribution in [3.8, 4) is 0 Å². The Balaban J connectivity index is 1.15. The lowest BCUT2D eigenvalue weighted by Gasteiger charge is -2.39. The second-order valence-corrected chi connectivity index (χ2v) is 13.4. The zero-order chi connectivity index (χ0) is 30.3. The average Bonchev–Trinajstić information content (AvgIpc) is 3.25. The molecule has 42 heavy (non-hydrogen) atoms. The molecule has 4 atom stereocenters. The normalized spacial score (nSPS) is 27.1. The van der Waals surface area contributed by atoms with Crippen molar-refractivity contribution in [3.63, 3.8) is 0 Å². The number of rotatable bonds is 11. The van der Waals surface area contributed by atoms with E-state index in [2.05, 4.69) is 36.4 Å². The molecule has 2 N–H and O–H groups in total. The van der Waals surface area contributed by atoms with Gasteiger partial charge in [-0.2, -0.15) is 13.2 Å². The maximum absolute atomic E-state index is 14.0. The van der Waals surface area contributed by atoms with Gasteiger partial charge in [-0.25, -0.2) is 4.98 Å². The number of carbonyl (C=O) groups is 2. The highest BCUT2D eigenvalue weighted by Crippen LogP contribution is 2.65. The van der Waals surface area contributed by atoms with Crippen LogP contribution in [0.5, 0.6) is 0 Å². The van der Waals surface area contributed by atoms with Gasteiger partial charge in [-0.1, -0.05) is 58.6 Å². The number of nitrogens with one attached hydrogen (secondary N) is 2. The predicted octanol–water partition coefficient (Wildman–Crippen LogP) is 6.08. The third-order valence-corrected chi connectivity index (χ3v) is 10.8. The summed E-state index contributed by atoms with van der Waals surface area (Å²) in [5.74, 6) is -2.06. The van der Waals surface area contributed by atoms with Gasteiger partial charge >= 0.3 is 6.18 Å². The van der Waals surface area contributed by atoms with Crippen LogP contribution < -0.4 is 16.2 Å². The Labute approximate surface area is 245 Å². The summed E-state index contributed by atoms with van der Waals surface area (Å²) in [5.41, 5.74) is 0.523. The molecular formula is C32H43F3N4O3. The van der Waals surface area contributed by atoms with Crippen LogP contribution >= 0.6 is 0 Å². The minimum Gasteiger partial charge on any atom is -0.313 e. The van der Waals surface area contributed by atoms with Gasteiger partial charge in [0.15, 0.2) is 0 Å². The number of amides is 2. The first-order valence-corrected chi connectivity index (χ1v) is 15.5. The van der Waals surface area contributed by atoms with Crippen LogP contribution in [0.15, 0.2) is 23.0 Å². The molecule has 3 fully saturated rings. The number of hydrogen-bond acceptors (Lipinski definition) is 5. The first-order chi connectivity index (χ1) is 19.8. The molecule has 1 unspecified atom stereocenters. The number of hydrogen-bond donors (Lipinski definition) is 2. The smallest absolute Gasteiger partial charge is 0.313 e. The number of piperidine rings is 1. The topological polar surface area (TPSA) is 93.1 Å². The number of halogens is 3. The summed E-state index contributed by atoms with van der Waals surface area (Å²) in [6, 6.07) is 3.94. The molecule has 3 aliphatic rings. The molecule has 2 bridgehead atoms. The number of aryl methyl sites for hydroxylation is 1. The van der Waals surface area contributed by atoms with Crippen LogP contribution in [0.1, 0.15) is 109 Å². The van der Waals surface area contributed by atoms with Gasteiger partial charge in [0.1, 0.15) is 6.04 Å². The zero-order valence-electron chi connectivity index (χ0n) is 24.9. The van der Waals surface area contributed by atoms with E-state index in [4.69, 9.17) is 0 Å². The van der Waals surface area contributed by atoms with E-state index in [0.29, 0.717) is 33.4 Å². The van der Waals surface area contributed by atoms with Crippen LogP contribution in [0.25, 0.3) is 10.9 Å². The number of carbonyl (C=O) groups excluding carboxylic acids is 2. The molecule has 7 nitrogen and oxygen atoms in total. The van der Waals surface area contributed by atoms with E-state index < -0.39 is 35.4 Å². The lowest BCUT2D eigenvalue weighted by Crippen LogP contribution is -2.46. The van der Waals surface area contributed by atoms with Crippen molar-refractivity contribution in [2.45, 2.75) is 116 Å². The number of fused-ring (bicyclic) bond motifs is 3. The third-order valence-electron chi connectivity index (χ3n) is 10.8. The molecule has 5 rings (SSSR count). The molecule has 2 amide bonds. The van der Waals surface area contributed by atoms with E-state index in [9.17, 15) is 27.6 Å². The largest absolute Gasteiger partial charge is 0.449 e. The number of imide groups is 1. The highest BCUT2D eigenvalue weighted by molar-refractivity contribution is 5.99. The fourth-order valence-electron chi connectivity index (χ4n) is 7.87. The van der Waals surface area contributed by atoms with Gasteiger partial charge in [0, 0.05) is 12.5 Å². The van der Waals surface area contributed by atoms with Gasteiger partial charge in [-0.3, -0.25) is 24.3 Å². The quantitative estimate of drug-likeness (QED) is 0.245. The number of benzene rings is 1. The van der Waals surface area contributed by atoms with Crippen LogP contribution in [0.4, 0.5) is 13.2 Å². The van der Waals surface area contributed by atoms with E-state index in [1.807, 2.05) is 0 Å². The maximum atomic E-state index is 14.0. The number of alkyl halides is 3. The Kier molecular flexibility index (Phi) is 8.58. The molecular weight excluding hydrogens is 545 g/mol. The summed E-state index contributed by atoms with van der Waals surface area (Å²) < 4.78 is 42.3. The fraction of sp³-hybridized carbons (Fsp3) is 0.688. The standard InChI is InChI=1S/C32H43F3N4O3/c1-30(2)21-16-17-31(30,3)24(19-21)36-18-9-7-5-4-6-8-11-20-12-10-13-22-26(20)28(42)39(29(37-22)32(33,34)35)23-14-15-25(40)38-27(23)41/h10,12-13,21,23-24,36H,4-9,11,14-19H2,1-3H3,(H,38,40,41)/t21-,23+,24?,31+/m1/s1. The second kappa shape index (κ2) is 11.7. The maximum Gasteiger partial charge on any atom is 0.449 e. The summed E-state index contributed by atoms with van der Waals surface area (Å²) in [7, 11) is 0. The van der Waals surface area contributed by atoms with Gasteiger partial charge in [-0.15, -0.1) is 0 Å². The monoisotopic (exact) mass is 588 g/mol. The van der Waals surface area contributed by atoms with Gasteiger partial charge in [0.2, 0.25) is 17.6 Å². The van der Waals surface area contributed by atoms with Crippen LogP contribution in [0.3, 0.4) is 0 Å². The SMILES string of the molecule is CC1(C)[C@@H]2CC[C@@]1(C)C(NCCCCCCCCc1cccc3nc(C(F)(F)F)n([C@H]4CCC(=O)NC4=O)c(=O)c13)C2. The summed E-state index contributed by atoms with van der Waals surface area (Å²) in [6.07, 6.45) is 5.47. The average molecular weight is 589 g/mol. The molecule has 2 aromatic rings. The minimum atomic E-state index is -4.94. The van der Waals surface area contributed by atoms with Gasteiger partial charge < -0.3 is 5.32 Å². The van der Waals surface area contributed by atoms with Crippen molar-refractivity contribution >= 4 is 22.7 Å². The van der Waals surface area contributed by atoms with Gasteiger partial charge in [0.05, 0.1) is 10.9 Å². The van der Waals surface area contributed by atoms with Crippen LogP contribution in [0.2, 0.25) is 0 Å². The fourth-order valence-corrected chi connectivity index (χ4v) is 7.87. The van der Waals surface area contributed by atoms with Crippen LogP contribution in [-0.2, 0) is 22.2 Å². The number of unbranched alkanes of at least 4 members (excludes halogenated alkanes) is 5. The summed E-state index contributed by atoms with van der Waals surface area (Å²) in [4.78, 5) is 41.3. The lowest BCUT2D eigenvalue weighted by atomic mass is 9.69. The zero-order valence-corrected chi connectivity index (χ0v) is 24.9. The van der Waals surface area contributed by atoms with E-state index in [1.54, 1.807) is 12.1 Å². The Hall–Kier alpha value is -2.75. The highest BCUT2D eigenvalue weighted by atomic mass is 19.4. The van der Waals surface area contributed by atoms with Crippen molar-refractivity contribution in [1.29, 1.82) is 0 Å². The van der Waals surface area contributed by atoms with E-state index in [0.717, 1.165) is 51.0 Å². The number of nitrogens with zero attached hydrogens (tertiary/aromatic N) is 2. The van der Waals surface area contributed by atoms with Gasteiger partial charge in [0.25, 0.3) is 5.56 Å². The Bertz CT molecular complexity index is 1400. The molecule has 2 heterocycles. The molecule has 1 aromatic heterocycles. The van der Waals surface area contributed by atoms with Crippen molar-refractivity contribution in [2.75, 3.05) is 6.54 Å². The van der Waals surface area contributed by atoms with E-state index in [-0.39, 0.29) is 23.7 Å². The molecule has 0 spiro atoms. The van der Waals surface area contributed by atoms with Crippen molar-refractivity contribution in [3.05, 3.63) is 39.9 Å². The molecule has 10 heteroatoms. The molecule has 230 valence electrons. The van der Waals surface area contributed by atoms with Crippen molar-refractivity contribution in [1.82, 2.24) is 20.2 Å².